The van der Waals surface area contributed by atoms with Gasteiger partial charge in [0.25, 0.3) is 5.91 Å². The number of anilines is 1. The summed E-state index contributed by atoms with van der Waals surface area (Å²) in [5, 5.41) is 3.51. The molecule has 3 rings (SSSR count). The molecular formula is C17H21N5O. The highest BCUT2D eigenvalue weighted by atomic mass is 16.2. The number of carbonyl (C=O) groups is 1. The Morgan fingerprint density at radius 3 is 2.30 bits per heavy atom. The number of nitrogens with two attached hydrogens (primary N) is 1. The Morgan fingerprint density at radius 1 is 1.04 bits per heavy atom. The van der Waals surface area contributed by atoms with E-state index < -0.39 is 5.91 Å². The molecule has 1 fully saturated rings. The molecule has 0 aliphatic heterocycles. The van der Waals surface area contributed by atoms with Crippen molar-refractivity contribution in [3.05, 3.63) is 53.9 Å². The van der Waals surface area contributed by atoms with Crippen molar-refractivity contribution in [2.24, 2.45) is 5.84 Å². The van der Waals surface area contributed by atoms with Crippen LogP contribution in [0.4, 0.5) is 5.95 Å². The number of nitrogens with zero attached hydrogens (tertiary/aromatic N) is 2. The van der Waals surface area contributed by atoms with Crippen molar-refractivity contribution in [3.8, 4) is 0 Å². The maximum Gasteiger partial charge on any atom is 0.268 e. The number of rotatable bonds is 4. The van der Waals surface area contributed by atoms with E-state index in [0.29, 0.717) is 11.5 Å². The second-order valence-electron chi connectivity index (χ2n) is 5.90. The van der Waals surface area contributed by atoms with E-state index in [4.69, 9.17) is 5.84 Å². The molecule has 23 heavy (non-hydrogen) atoms. The molecule has 0 radical (unpaired) electrons. The maximum atomic E-state index is 11.5. The van der Waals surface area contributed by atoms with E-state index in [0.717, 1.165) is 12.8 Å². The van der Waals surface area contributed by atoms with Crippen LogP contribution in [0.1, 0.15) is 48.0 Å². The third kappa shape index (κ3) is 3.32. The summed E-state index contributed by atoms with van der Waals surface area (Å²) < 4.78 is 0. The third-order valence-electron chi connectivity index (χ3n) is 4.43. The van der Waals surface area contributed by atoms with Gasteiger partial charge >= 0.3 is 0 Å². The van der Waals surface area contributed by atoms with Gasteiger partial charge in [-0.25, -0.2) is 15.8 Å². The van der Waals surface area contributed by atoms with Crippen LogP contribution in [0.25, 0.3) is 0 Å². The van der Waals surface area contributed by atoms with Gasteiger partial charge in [0.15, 0.2) is 0 Å². The van der Waals surface area contributed by atoms with Gasteiger partial charge < -0.3 is 5.32 Å². The van der Waals surface area contributed by atoms with Gasteiger partial charge in [-0.2, -0.15) is 0 Å². The van der Waals surface area contributed by atoms with Gasteiger partial charge in [0.1, 0.15) is 0 Å². The topological polar surface area (TPSA) is 92.9 Å². The number of carbonyl (C=O) groups excluding carboxylic acids is 1. The lowest BCUT2D eigenvalue weighted by Crippen LogP contribution is -2.38. The molecule has 0 spiro atoms. The fraction of sp³-hybridized carbons (Fsp3) is 0.353. The Balaban J connectivity index is 1.86. The Bertz CT molecular complexity index is 650. The van der Waals surface area contributed by atoms with Gasteiger partial charge in [0, 0.05) is 12.4 Å². The molecule has 0 bridgehead atoms. The van der Waals surface area contributed by atoms with Crippen molar-refractivity contribution in [2.45, 2.75) is 37.6 Å². The summed E-state index contributed by atoms with van der Waals surface area (Å²) in [4.78, 5) is 20.0. The lowest BCUT2D eigenvalue weighted by Gasteiger charge is -2.38. The number of nitrogen functional groups attached to an aromatic ring is 1. The normalized spacial score (nSPS) is 16.6. The van der Waals surface area contributed by atoms with Crippen molar-refractivity contribution >= 4 is 11.9 Å². The van der Waals surface area contributed by atoms with Crippen LogP contribution < -0.4 is 16.6 Å². The van der Waals surface area contributed by atoms with Gasteiger partial charge in [-0.05, 0) is 18.4 Å². The molecule has 1 heterocycles. The fourth-order valence-corrected chi connectivity index (χ4v) is 3.21. The third-order valence-corrected chi connectivity index (χ3v) is 4.43. The largest absolute Gasteiger partial charge is 0.345 e. The molecule has 4 N–H and O–H groups in total. The Labute approximate surface area is 135 Å². The minimum absolute atomic E-state index is 0.142. The average Bonchev–Trinajstić information content (AvgIpc) is 2.63. The Morgan fingerprint density at radius 2 is 1.70 bits per heavy atom. The Hall–Kier alpha value is -2.47. The first-order chi connectivity index (χ1) is 11.2. The zero-order valence-corrected chi connectivity index (χ0v) is 13.0. The van der Waals surface area contributed by atoms with Gasteiger partial charge in [0.2, 0.25) is 5.95 Å². The molecule has 1 saturated carbocycles. The number of benzene rings is 1. The first-order valence-electron chi connectivity index (χ1n) is 7.90. The molecule has 0 unspecified atom stereocenters. The highest BCUT2D eigenvalue weighted by Gasteiger charge is 2.34. The molecular weight excluding hydrogens is 290 g/mol. The van der Waals surface area contributed by atoms with Crippen LogP contribution in [0.15, 0.2) is 42.7 Å². The van der Waals surface area contributed by atoms with E-state index in [1.807, 2.05) is 6.07 Å². The molecule has 0 saturated heterocycles. The first-order valence-corrected chi connectivity index (χ1v) is 7.90. The molecule has 120 valence electrons. The van der Waals surface area contributed by atoms with Crippen LogP contribution in [0, 0.1) is 0 Å². The lowest BCUT2D eigenvalue weighted by atomic mass is 9.76. The molecule has 6 heteroatoms. The van der Waals surface area contributed by atoms with Gasteiger partial charge in [0.05, 0.1) is 11.1 Å². The zero-order valence-electron chi connectivity index (χ0n) is 13.0. The minimum atomic E-state index is -0.396. The molecule has 1 aliphatic carbocycles. The summed E-state index contributed by atoms with van der Waals surface area (Å²) in [6.45, 7) is 0. The van der Waals surface area contributed by atoms with Crippen LogP contribution in [-0.2, 0) is 5.54 Å². The number of hydrogen-bond acceptors (Lipinski definition) is 5. The molecule has 1 aromatic carbocycles. The summed E-state index contributed by atoms with van der Waals surface area (Å²) in [6, 6.07) is 10.4. The number of amides is 1. The van der Waals surface area contributed by atoms with Crippen LogP contribution in [0.3, 0.4) is 0 Å². The molecule has 0 atom stereocenters. The smallest absolute Gasteiger partial charge is 0.268 e. The van der Waals surface area contributed by atoms with Crippen molar-refractivity contribution < 1.29 is 4.79 Å². The quantitative estimate of drug-likeness (QED) is 0.458. The summed E-state index contributed by atoms with van der Waals surface area (Å²) in [7, 11) is 0. The van der Waals surface area contributed by atoms with Crippen molar-refractivity contribution in [3.63, 3.8) is 0 Å². The molecule has 1 aromatic heterocycles. The van der Waals surface area contributed by atoms with Gasteiger partial charge in [-0.1, -0.05) is 49.6 Å². The average molecular weight is 311 g/mol. The summed E-state index contributed by atoms with van der Waals surface area (Å²) in [6.07, 6.45) is 8.67. The van der Waals surface area contributed by atoms with Crippen LogP contribution >= 0.6 is 0 Å². The number of aromatic nitrogens is 2. The van der Waals surface area contributed by atoms with E-state index >= 15 is 0 Å². The van der Waals surface area contributed by atoms with E-state index in [9.17, 15) is 4.79 Å². The Kier molecular flexibility index (Phi) is 4.52. The number of nitrogens with one attached hydrogen (secondary N) is 2. The van der Waals surface area contributed by atoms with E-state index in [-0.39, 0.29) is 5.54 Å². The van der Waals surface area contributed by atoms with Crippen molar-refractivity contribution in [1.29, 1.82) is 0 Å². The summed E-state index contributed by atoms with van der Waals surface area (Å²) in [5.41, 5.74) is 3.53. The molecule has 1 aliphatic rings. The van der Waals surface area contributed by atoms with Crippen LogP contribution in [0.5, 0.6) is 0 Å². The number of hydrogen-bond donors (Lipinski definition) is 3. The van der Waals surface area contributed by atoms with Crippen molar-refractivity contribution in [2.75, 3.05) is 5.32 Å². The van der Waals surface area contributed by atoms with E-state index in [1.165, 1.54) is 37.2 Å². The van der Waals surface area contributed by atoms with Gasteiger partial charge in [-0.3, -0.25) is 10.2 Å². The van der Waals surface area contributed by atoms with Crippen molar-refractivity contribution in [1.82, 2.24) is 15.4 Å². The van der Waals surface area contributed by atoms with Crippen LogP contribution in [0.2, 0.25) is 0 Å². The monoisotopic (exact) mass is 311 g/mol. The molecule has 1 amide bonds. The second kappa shape index (κ2) is 6.75. The first kappa shape index (κ1) is 15.4. The highest BCUT2D eigenvalue weighted by Crippen LogP contribution is 2.39. The highest BCUT2D eigenvalue weighted by molar-refractivity contribution is 5.93. The van der Waals surface area contributed by atoms with E-state index in [1.54, 1.807) is 0 Å². The van der Waals surface area contributed by atoms with E-state index in [2.05, 4.69) is 45.0 Å². The molecule has 6 nitrogen and oxygen atoms in total. The standard InChI is InChI=1S/C17H21N5O/c18-22-15(23)13-11-19-16(20-12-13)21-17(9-5-2-6-10-17)14-7-3-1-4-8-14/h1,3-4,7-8,11-12H,2,5-6,9-10,18H2,(H,22,23)(H,19,20,21). The summed E-state index contributed by atoms with van der Waals surface area (Å²) in [5.74, 6) is 5.25. The second-order valence-corrected chi connectivity index (χ2v) is 5.90. The number of hydrazine groups is 1. The van der Waals surface area contributed by atoms with Gasteiger partial charge in [-0.15, -0.1) is 0 Å². The molecule has 2 aromatic rings. The van der Waals surface area contributed by atoms with Crippen LogP contribution in [-0.4, -0.2) is 15.9 Å². The fourth-order valence-electron chi connectivity index (χ4n) is 3.21. The predicted octanol–water partition coefficient (Wildman–Crippen LogP) is 2.35. The lowest BCUT2D eigenvalue weighted by molar-refractivity contribution is 0.0953. The minimum Gasteiger partial charge on any atom is -0.345 e. The predicted molar refractivity (Wildman–Crippen MR) is 88.5 cm³/mol. The SMILES string of the molecule is NNC(=O)c1cnc(NC2(c3ccccc3)CCCCC2)nc1. The maximum absolute atomic E-state index is 11.5. The summed E-state index contributed by atoms with van der Waals surface area (Å²) >= 11 is 0. The zero-order chi connectivity index (χ0) is 16.1.